The largest absolute Gasteiger partial charge is 0.351 e. The third-order valence-electron chi connectivity index (χ3n) is 3.68. The molecule has 21 heavy (non-hydrogen) atoms. The smallest absolute Gasteiger partial charge is 0.222 e. The van der Waals surface area contributed by atoms with Crippen LogP contribution in [-0.4, -0.2) is 43.5 Å². The predicted octanol–water partition coefficient (Wildman–Crippen LogP) is 1.21. The molecule has 1 N–H and O–H groups in total. The second-order valence-electron chi connectivity index (χ2n) is 5.06. The molecule has 4 heterocycles. The van der Waals surface area contributed by atoms with E-state index in [1.165, 1.54) is 0 Å². The van der Waals surface area contributed by atoms with Crippen molar-refractivity contribution in [1.82, 2.24) is 24.3 Å². The van der Waals surface area contributed by atoms with Crippen molar-refractivity contribution in [2.24, 2.45) is 0 Å². The van der Waals surface area contributed by atoms with Gasteiger partial charge in [-0.15, -0.1) is 0 Å². The summed E-state index contributed by atoms with van der Waals surface area (Å²) in [6.45, 7) is 1.82. The molecule has 7 nitrogen and oxygen atoms in total. The number of rotatable bonds is 3. The monoisotopic (exact) mass is 281 g/mol. The summed E-state index contributed by atoms with van der Waals surface area (Å²) >= 11 is 0. The second kappa shape index (κ2) is 5.01. The first-order valence-corrected chi connectivity index (χ1v) is 6.96. The molecular formula is C14H15N7. The highest BCUT2D eigenvalue weighted by Crippen LogP contribution is 2.22. The van der Waals surface area contributed by atoms with E-state index in [1.807, 2.05) is 29.1 Å². The van der Waals surface area contributed by atoms with Gasteiger partial charge in [-0.2, -0.15) is 0 Å². The van der Waals surface area contributed by atoms with Crippen LogP contribution in [0.2, 0.25) is 0 Å². The molecule has 1 aliphatic rings. The van der Waals surface area contributed by atoms with Gasteiger partial charge in [0.1, 0.15) is 0 Å². The standard InChI is InChI=1S/C14H15N7/c1-3-17-14(18-4-1)19-11-2-7-21(10-11)13-12-15-5-8-20(12)9-6-16-13/h1,3-6,8-9,11H,2,7,10H2,(H,17,18,19). The quantitative estimate of drug-likeness (QED) is 0.778. The molecule has 0 saturated carbocycles. The van der Waals surface area contributed by atoms with E-state index in [0.717, 1.165) is 31.0 Å². The van der Waals surface area contributed by atoms with Crippen LogP contribution < -0.4 is 10.2 Å². The van der Waals surface area contributed by atoms with Crippen molar-refractivity contribution in [3.8, 4) is 0 Å². The van der Waals surface area contributed by atoms with Crippen molar-refractivity contribution >= 4 is 17.4 Å². The maximum Gasteiger partial charge on any atom is 0.222 e. The summed E-state index contributed by atoms with van der Waals surface area (Å²) < 4.78 is 1.99. The topological polar surface area (TPSA) is 71.2 Å². The summed E-state index contributed by atoms with van der Waals surface area (Å²) in [6, 6.07) is 2.14. The minimum Gasteiger partial charge on any atom is -0.351 e. The van der Waals surface area contributed by atoms with Gasteiger partial charge in [0.25, 0.3) is 0 Å². The zero-order valence-electron chi connectivity index (χ0n) is 11.4. The Labute approximate surface area is 121 Å². The van der Waals surface area contributed by atoms with E-state index >= 15 is 0 Å². The Morgan fingerprint density at radius 2 is 1.81 bits per heavy atom. The van der Waals surface area contributed by atoms with Crippen LogP contribution in [0.5, 0.6) is 0 Å². The van der Waals surface area contributed by atoms with Crippen LogP contribution >= 0.6 is 0 Å². The first kappa shape index (κ1) is 12.1. The summed E-state index contributed by atoms with van der Waals surface area (Å²) in [5.74, 6) is 1.61. The fraction of sp³-hybridized carbons (Fsp3) is 0.286. The Bertz CT molecular complexity index is 739. The second-order valence-corrected chi connectivity index (χ2v) is 5.06. The van der Waals surface area contributed by atoms with Crippen LogP contribution in [0.3, 0.4) is 0 Å². The lowest BCUT2D eigenvalue weighted by molar-refractivity contribution is 0.791. The molecule has 1 aliphatic heterocycles. The van der Waals surface area contributed by atoms with Crippen molar-refractivity contribution in [2.75, 3.05) is 23.3 Å². The molecule has 1 unspecified atom stereocenters. The Kier molecular flexibility index (Phi) is 2.88. The van der Waals surface area contributed by atoms with E-state index in [0.29, 0.717) is 12.0 Å². The molecular weight excluding hydrogens is 266 g/mol. The van der Waals surface area contributed by atoms with E-state index in [1.54, 1.807) is 18.6 Å². The first-order chi connectivity index (χ1) is 10.4. The summed E-state index contributed by atoms with van der Waals surface area (Å²) in [4.78, 5) is 19.5. The Hall–Kier alpha value is -2.70. The fourth-order valence-corrected chi connectivity index (χ4v) is 2.69. The van der Waals surface area contributed by atoms with Crippen LogP contribution in [-0.2, 0) is 0 Å². The highest BCUT2D eigenvalue weighted by atomic mass is 15.3. The maximum atomic E-state index is 4.49. The number of anilines is 2. The molecule has 0 radical (unpaired) electrons. The van der Waals surface area contributed by atoms with Gasteiger partial charge in [0.05, 0.1) is 0 Å². The highest BCUT2D eigenvalue weighted by Gasteiger charge is 2.25. The van der Waals surface area contributed by atoms with Gasteiger partial charge in [-0.05, 0) is 12.5 Å². The van der Waals surface area contributed by atoms with Gasteiger partial charge >= 0.3 is 0 Å². The zero-order chi connectivity index (χ0) is 14.1. The minimum absolute atomic E-state index is 0.324. The summed E-state index contributed by atoms with van der Waals surface area (Å²) in [7, 11) is 0. The van der Waals surface area contributed by atoms with Crippen molar-refractivity contribution in [1.29, 1.82) is 0 Å². The van der Waals surface area contributed by atoms with Crippen molar-refractivity contribution in [3.05, 3.63) is 43.2 Å². The average Bonchev–Trinajstić information content (AvgIpc) is 3.16. The van der Waals surface area contributed by atoms with E-state index in [-0.39, 0.29) is 0 Å². The lowest BCUT2D eigenvalue weighted by Gasteiger charge is -2.18. The minimum atomic E-state index is 0.324. The van der Waals surface area contributed by atoms with E-state index in [4.69, 9.17) is 0 Å². The normalized spacial score (nSPS) is 18.3. The van der Waals surface area contributed by atoms with E-state index in [9.17, 15) is 0 Å². The zero-order valence-corrected chi connectivity index (χ0v) is 11.4. The summed E-state index contributed by atoms with van der Waals surface area (Å²) in [5, 5.41) is 3.36. The van der Waals surface area contributed by atoms with Crippen LogP contribution in [0.15, 0.2) is 43.2 Å². The molecule has 106 valence electrons. The maximum absolute atomic E-state index is 4.49. The molecule has 0 amide bonds. The Morgan fingerprint density at radius 1 is 1.00 bits per heavy atom. The van der Waals surface area contributed by atoms with Gasteiger partial charge in [0, 0.05) is 56.3 Å². The van der Waals surface area contributed by atoms with Crippen LogP contribution in [0.25, 0.3) is 5.65 Å². The number of nitrogens with one attached hydrogen (secondary N) is 1. The van der Waals surface area contributed by atoms with Crippen LogP contribution in [0.1, 0.15) is 6.42 Å². The molecule has 3 aromatic heterocycles. The molecule has 4 rings (SSSR count). The number of fused-ring (bicyclic) bond motifs is 1. The molecule has 0 aliphatic carbocycles. The van der Waals surface area contributed by atoms with Crippen LogP contribution in [0.4, 0.5) is 11.8 Å². The van der Waals surface area contributed by atoms with E-state index in [2.05, 4.69) is 30.2 Å². The molecule has 0 spiro atoms. The van der Waals surface area contributed by atoms with Gasteiger partial charge in [-0.3, -0.25) is 0 Å². The van der Waals surface area contributed by atoms with E-state index < -0.39 is 0 Å². The number of nitrogens with zero attached hydrogens (tertiary/aromatic N) is 6. The number of hydrogen-bond donors (Lipinski definition) is 1. The highest BCUT2D eigenvalue weighted by molar-refractivity contribution is 5.64. The number of imidazole rings is 1. The molecule has 1 fully saturated rings. The predicted molar refractivity (Wildman–Crippen MR) is 79.3 cm³/mol. The van der Waals surface area contributed by atoms with Gasteiger partial charge in [-0.1, -0.05) is 0 Å². The SMILES string of the molecule is c1cnc(NC2CCN(c3nccn4ccnc34)C2)nc1. The number of aromatic nitrogens is 5. The Morgan fingerprint density at radius 3 is 2.67 bits per heavy atom. The third-order valence-corrected chi connectivity index (χ3v) is 3.68. The molecule has 0 bridgehead atoms. The first-order valence-electron chi connectivity index (χ1n) is 6.96. The molecule has 0 aromatic carbocycles. The molecule has 3 aromatic rings. The van der Waals surface area contributed by atoms with Gasteiger partial charge in [-0.25, -0.2) is 19.9 Å². The van der Waals surface area contributed by atoms with Crippen molar-refractivity contribution < 1.29 is 0 Å². The molecule has 7 heteroatoms. The van der Waals surface area contributed by atoms with Crippen molar-refractivity contribution in [2.45, 2.75) is 12.5 Å². The van der Waals surface area contributed by atoms with Gasteiger partial charge in [0.2, 0.25) is 5.95 Å². The lowest BCUT2D eigenvalue weighted by atomic mass is 10.3. The average molecular weight is 281 g/mol. The summed E-state index contributed by atoms with van der Waals surface area (Å²) in [6.07, 6.45) is 12.0. The number of hydrogen-bond acceptors (Lipinski definition) is 6. The fourth-order valence-electron chi connectivity index (χ4n) is 2.69. The van der Waals surface area contributed by atoms with Gasteiger partial charge in [0.15, 0.2) is 11.5 Å². The van der Waals surface area contributed by atoms with Crippen molar-refractivity contribution in [3.63, 3.8) is 0 Å². The van der Waals surface area contributed by atoms with Gasteiger partial charge < -0.3 is 14.6 Å². The lowest BCUT2D eigenvalue weighted by Crippen LogP contribution is -2.27. The molecule has 1 saturated heterocycles. The summed E-state index contributed by atoms with van der Waals surface area (Å²) in [5.41, 5.74) is 0.897. The molecule has 1 atom stereocenters. The van der Waals surface area contributed by atoms with Crippen LogP contribution in [0, 0.1) is 0 Å². The Balaban J connectivity index is 1.52. The third kappa shape index (κ3) is 2.26.